The molecule has 0 N–H and O–H groups in total. The summed E-state index contributed by atoms with van der Waals surface area (Å²) in [5, 5.41) is 0.708. The summed E-state index contributed by atoms with van der Waals surface area (Å²) in [6, 6.07) is 14.6. The summed E-state index contributed by atoms with van der Waals surface area (Å²) in [5.74, 6) is 0.959. The number of aromatic nitrogens is 1. The SMILES string of the molecule is CCN(CC)C(=O)C1Sc2ccccc2-c2c1c1c(OC)cccc1n2CCO[S+](C)C(C)(C)C. The Kier molecular flexibility index (Phi) is 7.79. The van der Waals surface area contributed by atoms with Gasteiger partial charge >= 0.3 is 0 Å². The van der Waals surface area contributed by atoms with Crippen molar-refractivity contribution in [3.63, 3.8) is 0 Å². The fourth-order valence-electron chi connectivity index (χ4n) is 4.60. The first-order valence-corrected chi connectivity index (χ1v) is 14.7. The highest BCUT2D eigenvalue weighted by atomic mass is 32.2. The van der Waals surface area contributed by atoms with Gasteiger partial charge in [0, 0.05) is 34.5 Å². The number of benzene rings is 2. The smallest absolute Gasteiger partial charge is 0.240 e. The monoisotopic (exact) mass is 513 g/mol. The topological polar surface area (TPSA) is 43.7 Å². The van der Waals surface area contributed by atoms with Crippen LogP contribution in [0.1, 0.15) is 45.4 Å². The summed E-state index contributed by atoms with van der Waals surface area (Å²) in [6.45, 7) is 13.4. The molecule has 1 aromatic heterocycles. The number of thioether (sulfide) groups is 1. The lowest BCUT2D eigenvalue weighted by molar-refractivity contribution is -0.130. The number of hydrogen-bond donors (Lipinski definition) is 0. The molecule has 0 radical (unpaired) electrons. The van der Waals surface area contributed by atoms with E-state index in [2.05, 4.69) is 61.9 Å². The van der Waals surface area contributed by atoms with Crippen LogP contribution in [0.25, 0.3) is 22.2 Å². The minimum atomic E-state index is -0.323. The van der Waals surface area contributed by atoms with Gasteiger partial charge in [-0.25, -0.2) is 0 Å². The van der Waals surface area contributed by atoms with Crippen molar-refractivity contribution in [1.82, 2.24) is 9.47 Å². The van der Waals surface area contributed by atoms with Crippen molar-refractivity contribution in [3.8, 4) is 17.0 Å². The molecule has 35 heavy (non-hydrogen) atoms. The molecule has 0 saturated heterocycles. The van der Waals surface area contributed by atoms with E-state index in [0.717, 1.165) is 32.8 Å². The molecule has 4 rings (SSSR count). The lowest BCUT2D eigenvalue weighted by Gasteiger charge is -2.30. The zero-order chi connectivity index (χ0) is 25.3. The van der Waals surface area contributed by atoms with Crippen LogP contribution in [0.3, 0.4) is 0 Å². The van der Waals surface area contributed by atoms with E-state index in [-0.39, 0.29) is 27.1 Å². The second-order valence-corrected chi connectivity index (χ2v) is 13.2. The number of fused-ring (bicyclic) bond motifs is 5. The van der Waals surface area contributed by atoms with Crippen molar-refractivity contribution in [2.45, 2.75) is 56.1 Å². The van der Waals surface area contributed by atoms with Crippen molar-refractivity contribution in [1.29, 1.82) is 0 Å². The zero-order valence-electron chi connectivity index (χ0n) is 21.9. The van der Waals surface area contributed by atoms with Crippen LogP contribution < -0.4 is 4.74 Å². The number of rotatable bonds is 8. The minimum Gasteiger partial charge on any atom is -0.496 e. The molecule has 7 heteroatoms. The first-order chi connectivity index (χ1) is 16.7. The highest BCUT2D eigenvalue weighted by molar-refractivity contribution is 8.00. The summed E-state index contributed by atoms with van der Waals surface area (Å²) in [5.41, 5.74) is 4.42. The van der Waals surface area contributed by atoms with Gasteiger partial charge in [0.25, 0.3) is 0 Å². The molecule has 0 saturated carbocycles. The van der Waals surface area contributed by atoms with Crippen LogP contribution in [-0.4, -0.2) is 53.2 Å². The van der Waals surface area contributed by atoms with Crippen LogP contribution >= 0.6 is 11.8 Å². The molecular formula is C28H37N2O3S2+. The molecule has 0 bridgehead atoms. The first-order valence-electron chi connectivity index (χ1n) is 12.3. The summed E-state index contributed by atoms with van der Waals surface area (Å²) >= 11 is 1.49. The summed E-state index contributed by atoms with van der Waals surface area (Å²) in [6.07, 6.45) is 2.16. The van der Waals surface area contributed by atoms with E-state index in [0.29, 0.717) is 26.2 Å². The van der Waals surface area contributed by atoms with Gasteiger partial charge in [0.05, 0.1) is 24.9 Å². The summed E-state index contributed by atoms with van der Waals surface area (Å²) in [4.78, 5) is 16.9. The van der Waals surface area contributed by atoms with Crippen LogP contribution in [0.5, 0.6) is 5.75 Å². The zero-order valence-corrected chi connectivity index (χ0v) is 23.5. The highest BCUT2D eigenvalue weighted by Crippen LogP contribution is 2.54. The normalized spacial score (nSPS) is 16.0. The van der Waals surface area contributed by atoms with Gasteiger partial charge in [-0.05, 0) is 52.8 Å². The largest absolute Gasteiger partial charge is 0.496 e. The number of carbonyl (C=O) groups is 1. The molecule has 2 unspecified atom stereocenters. The third-order valence-corrected chi connectivity index (χ3v) is 10.2. The second kappa shape index (κ2) is 10.5. The Morgan fingerprint density at radius 3 is 2.49 bits per heavy atom. The van der Waals surface area contributed by atoms with Crippen LogP contribution in [0.15, 0.2) is 47.4 Å². The molecule has 2 atom stereocenters. The van der Waals surface area contributed by atoms with Gasteiger partial charge in [-0.2, -0.15) is 4.18 Å². The summed E-state index contributed by atoms with van der Waals surface area (Å²) < 4.78 is 14.6. The molecule has 0 fully saturated rings. The molecule has 188 valence electrons. The molecular weight excluding hydrogens is 476 g/mol. The molecule has 1 aliphatic rings. The Morgan fingerprint density at radius 2 is 1.83 bits per heavy atom. The standard InChI is InChI=1S/C28H37N2O3S2/c1-8-29(9-2)27(31)26-24-23-20(14-12-15-21(23)32-6)30(17-18-33-35(7)28(3,4)5)25(24)19-13-10-11-16-22(19)34-26/h10-16,26H,8-9,17-18H2,1-7H3/q+1. The molecule has 0 spiro atoms. The Hall–Kier alpha value is -2.09. The van der Waals surface area contributed by atoms with E-state index >= 15 is 0 Å². The van der Waals surface area contributed by atoms with Crippen LogP contribution in [0, 0.1) is 0 Å². The van der Waals surface area contributed by atoms with Crippen LogP contribution in [0.4, 0.5) is 0 Å². The minimum absolute atomic E-state index is 0.103. The fourth-order valence-corrected chi connectivity index (χ4v) is 6.58. The number of hydrogen-bond acceptors (Lipinski definition) is 4. The Balaban J connectivity index is 1.91. The lowest BCUT2D eigenvalue weighted by Crippen LogP contribution is -2.34. The maximum absolute atomic E-state index is 13.8. The number of carbonyl (C=O) groups excluding carboxylic acids is 1. The number of likely N-dealkylation sites (N-methyl/N-ethyl adjacent to an activating group) is 1. The van der Waals surface area contributed by atoms with Gasteiger partial charge in [-0.15, -0.1) is 11.8 Å². The Bertz CT molecular complexity index is 1210. The molecule has 1 aliphatic heterocycles. The van der Waals surface area contributed by atoms with Gasteiger partial charge < -0.3 is 14.2 Å². The van der Waals surface area contributed by atoms with Gasteiger partial charge in [0.15, 0.2) is 4.75 Å². The van der Waals surface area contributed by atoms with Gasteiger partial charge in [0.1, 0.15) is 35.0 Å². The van der Waals surface area contributed by atoms with Crippen LogP contribution in [0.2, 0.25) is 0 Å². The maximum atomic E-state index is 13.8. The average molecular weight is 514 g/mol. The number of ether oxygens (including phenoxy) is 1. The van der Waals surface area contributed by atoms with E-state index in [4.69, 9.17) is 8.92 Å². The first kappa shape index (κ1) is 26.0. The van der Waals surface area contributed by atoms with E-state index < -0.39 is 0 Å². The molecule has 2 aromatic carbocycles. The van der Waals surface area contributed by atoms with Gasteiger partial charge in [0.2, 0.25) is 5.91 Å². The fraction of sp³-hybridized carbons (Fsp3) is 0.464. The van der Waals surface area contributed by atoms with Crippen molar-refractivity contribution in [2.75, 3.05) is 33.1 Å². The Morgan fingerprint density at radius 1 is 1.11 bits per heavy atom. The van der Waals surface area contributed by atoms with Crippen molar-refractivity contribution in [2.24, 2.45) is 0 Å². The predicted molar refractivity (Wildman–Crippen MR) is 149 cm³/mol. The highest BCUT2D eigenvalue weighted by Gasteiger charge is 2.38. The van der Waals surface area contributed by atoms with Crippen molar-refractivity contribution < 1.29 is 13.7 Å². The van der Waals surface area contributed by atoms with Crippen molar-refractivity contribution in [3.05, 3.63) is 48.0 Å². The third-order valence-electron chi connectivity index (χ3n) is 6.70. The van der Waals surface area contributed by atoms with Crippen molar-refractivity contribution >= 4 is 39.7 Å². The molecule has 1 amide bonds. The molecule has 0 aliphatic carbocycles. The summed E-state index contributed by atoms with van der Waals surface area (Å²) in [7, 11) is 1.71. The second-order valence-electron chi connectivity index (χ2n) is 9.66. The average Bonchev–Trinajstić information content (AvgIpc) is 3.18. The van der Waals surface area contributed by atoms with E-state index in [1.807, 2.05) is 30.9 Å². The lowest BCUT2D eigenvalue weighted by atomic mass is 10.00. The van der Waals surface area contributed by atoms with E-state index in [1.165, 1.54) is 5.56 Å². The number of methoxy groups -OCH3 is 1. The quantitative estimate of drug-likeness (QED) is 0.331. The van der Waals surface area contributed by atoms with Gasteiger partial charge in [-0.3, -0.25) is 4.79 Å². The van der Waals surface area contributed by atoms with E-state index in [9.17, 15) is 4.79 Å². The molecule has 3 aromatic rings. The maximum Gasteiger partial charge on any atom is 0.240 e. The number of amides is 1. The Labute approximate surface area is 216 Å². The van der Waals surface area contributed by atoms with Gasteiger partial charge in [-0.1, -0.05) is 24.3 Å². The molecule has 5 nitrogen and oxygen atoms in total. The van der Waals surface area contributed by atoms with E-state index in [1.54, 1.807) is 18.9 Å². The molecule has 2 heterocycles. The third kappa shape index (κ3) is 4.83. The predicted octanol–water partition coefficient (Wildman–Crippen LogP) is 6.31. The van der Waals surface area contributed by atoms with Crippen LogP contribution in [-0.2, 0) is 26.7 Å². The number of nitrogens with zero attached hydrogens (tertiary/aromatic N) is 2.